The third-order valence-corrected chi connectivity index (χ3v) is 6.42. The maximum Gasteiger partial charge on any atom is 0.342 e. The lowest BCUT2D eigenvalue weighted by Crippen LogP contribution is -1.99. The number of nitrogens with zero attached hydrogens (tertiary/aromatic N) is 2. The molecule has 196 valence electrons. The number of H-pyrrole nitrogens is 1. The number of rotatable bonds is 11. The molecule has 0 saturated carbocycles. The third-order valence-electron chi connectivity index (χ3n) is 5.29. The SMILES string of the molecule is COc1cc(OC)cc(-c2nc(S/C(=C\c3ccc(OCc4ccc(Cl)cc4)c(OC)c3)C(=O)O)n[nH]2)c1. The number of methoxy groups -OCH3 is 3. The van der Waals surface area contributed by atoms with Gasteiger partial charge in [-0.05, 0) is 65.4 Å². The van der Waals surface area contributed by atoms with Crippen molar-refractivity contribution in [1.29, 1.82) is 0 Å². The summed E-state index contributed by atoms with van der Waals surface area (Å²) in [4.78, 5) is 16.5. The summed E-state index contributed by atoms with van der Waals surface area (Å²) in [6, 6.07) is 17.8. The molecule has 1 aromatic heterocycles. The summed E-state index contributed by atoms with van der Waals surface area (Å²) in [6.07, 6.45) is 1.52. The summed E-state index contributed by atoms with van der Waals surface area (Å²) < 4.78 is 21.9. The fourth-order valence-electron chi connectivity index (χ4n) is 3.38. The Labute approximate surface area is 228 Å². The first-order chi connectivity index (χ1) is 18.4. The molecule has 0 aliphatic rings. The molecule has 38 heavy (non-hydrogen) atoms. The van der Waals surface area contributed by atoms with Crippen LogP contribution in [0.2, 0.25) is 5.02 Å². The zero-order valence-corrected chi connectivity index (χ0v) is 22.3. The topological polar surface area (TPSA) is 116 Å². The van der Waals surface area contributed by atoms with Crippen LogP contribution in [-0.2, 0) is 11.4 Å². The number of nitrogens with one attached hydrogen (secondary N) is 1. The van der Waals surface area contributed by atoms with Gasteiger partial charge in [0.1, 0.15) is 23.0 Å². The van der Waals surface area contributed by atoms with Gasteiger partial charge >= 0.3 is 5.97 Å². The third kappa shape index (κ3) is 6.78. The number of carboxylic acids is 1. The first-order valence-electron chi connectivity index (χ1n) is 11.2. The van der Waals surface area contributed by atoms with E-state index in [9.17, 15) is 9.90 Å². The molecule has 0 unspecified atom stereocenters. The summed E-state index contributed by atoms with van der Waals surface area (Å²) >= 11 is 6.85. The zero-order valence-electron chi connectivity index (χ0n) is 20.7. The van der Waals surface area contributed by atoms with Crippen LogP contribution in [0.15, 0.2) is 70.7 Å². The van der Waals surface area contributed by atoms with Gasteiger partial charge in [0.05, 0.1) is 21.3 Å². The van der Waals surface area contributed by atoms with Gasteiger partial charge in [-0.25, -0.2) is 9.78 Å². The number of aromatic amines is 1. The fraction of sp³-hybridized carbons (Fsp3) is 0.148. The standard InChI is InChI=1S/C27H24ClN3O6S/c1-34-20-12-18(13-21(14-20)35-2)25-29-27(31-30-25)38-24(26(32)33)11-17-6-9-22(23(10-17)36-3)37-15-16-4-7-19(28)8-5-16/h4-14H,15H2,1-3H3,(H,32,33)(H,29,30,31)/b24-11-. The molecule has 0 saturated heterocycles. The van der Waals surface area contributed by atoms with Crippen LogP contribution in [0.3, 0.4) is 0 Å². The normalized spacial score (nSPS) is 11.2. The number of hydrogen-bond acceptors (Lipinski definition) is 8. The van der Waals surface area contributed by atoms with Gasteiger partial charge in [0.15, 0.2) is 17.3 Å². The second-order valence-electron chi connectivity index (χ2n) is 7.81. The molecule has 11 heteroatoms. The van der Waals surface area contributed by atoms with Gasteiger partial charge in [0.25, 0.3) is 0 Å². The molecule has 0 fully saturated rings. The van der Waals surface area contributed by atoms with Crippen molar-refractivity contribution in [2.24, 2.45) is 0 Å². The van der Waals surface area contributed by atoms with Crippen LogP contribution in [0.5, 0.6) is 23.0 Å². The van der Waals surface area contributed by atoms with Crippen molar-refractivity contribution >= 4 is 35.4 Å². The van der Waals surface area contributed by atoms with Crippen molar-refractivity contribution in [2.45, 2.75) is 11.8 Å². The van der Waals surface area contributed by atoms with Gasteiger partial charge in [-0.3, -0.25) is 5.10 Å². The number of carboxylic acid groups (broad SMARTS) is 1. The number of carbonyl (C=O) groups is 1. The van der Waals surface area contributed by atoms with Gasteiger partial charge in [0.2, 0.25) is 5.16 Å². The van der Waals surface area contributed by atoms with Crippen LogP contribution in [0.25, 0.3) is 17.5 Å². The summed E-state index contributed by atoms with van der Waals surface area (Å²) in [7, 11) is 4.63. The molecular weight excluding hydrogens is 530 g/mol. The highest BCUT2D eigenvalue weighted by Gasteiger charge is 2.16. The predicted molar refractivity (Wildman–Crippen MR) is 145 cm³/mol. The van der Waals surface area contributed by atoms with Crippen molar-refractivity contribution in [1.82, 2.24) is 15.2 Å². The maximum atomic E-state index is 12.0. The lowest BCUT2D eigenvalue weighted by Gasteiger charge is -2.12. The molecule has 4 rings (SSSR count). The molecule has 0 spiro atoms. The highest BCUT2D eigenvalue weighted by molar-refractivity contribution is 8.04. The van der Waals surface area contributed by atoms with Crippen LogP contribution in [-0.4, -0.2) is 47.6 Å². The number of benzene rings is 3. The van der Waals surface area contributed by atoms with Crippen molar-refractivity contribution in [2.75, 3.05) is 21.3 Å². The Bertz CT molecular complexity index is 1430. The van der Waals surface area contributed by atoms with Crippen molar-refractivity contribution in [3.05, 3.63) is 81.7 Å². The highest BCUT2D eigenvalue weighted by Crippen LogP contribution is 2.33. The number of halogens is 1. The minimum atomic E-state index is -1.12. The van der Waals surface area contributed by atoms with E-state index in [-0.39, 0.29) is 10.1 Å². The fourth-order valence-corrected chi connectivity index (χ4v) is 4.22. The molecule has 1 heterocycles. The van der Waals surface area contributed by atoms with Gasteiger partial charge in [-0.2, -0.15) is 0 Å². The van der Waals surface area contributed by atoms with E-state index < -0.39 is 5.97 Å². The Hall–Kier alpha value is -4.15. The molecule has 9 nitrogen and oxygen atoms in total. The molecule has 0 aliphatic carbocycles. The maximum absolute atomic E-state index is 12.0. The van der Waals surface area contributed by atoms with Crippen molar-refractivity contribution in [3.8, 4) is 34.4 Å². The van der Waals surface area contributed by atoms with E-state index in [1.807, 2.05) is 12.1 Å². The minimum Gasteiger partial charge on any atom is -0.497 e. The highest BCUT2D eigenvalue weighted by atomic mass is 35.5. The Balaban J connectivity index is 1.52. The number of thioether (sulfide) groups is 1. The molecule has 4 aromatic rings. The van der Waals surface area contributed by atoms with Gasteiger partial charge in [0, 0.05) is 16.7 Å². The summed E-state index contributed by atoms with van der Waals surface area (Å²) in [5.74, 6) is 1.49. The summed E-state index contributed by atoms with van der Waals surface area (Å²) in [5, 5.41) is 17.7. The Morgan fingerprint density at radius 2 is 1.68 bits per heavy atom. The van der Waals surface area contributed by atoms with E-state index in [0.717, 1.165) is 17.3 Å². The lowest BCUT2D eigenvalue weighted by molar-refractivity contribution is -0.131. The number of aliphatic carboxylic acids is 1. The molecule has 0 aliphatic heterocycles. The quantitative estimate of drug-likeness (QED) is 0.172. The molecule has 3 aromatic carbocycles. The Kier molecular flexibility index (Phi) is 8.77. The predicted octanol–water partition coefficient (Wildman–Crippen LogP) is 5.95. The van der Waals surface area contributed by atoms with Crippen LogP contribution in [0.4, 0.5) is 0 Å². The molecule has 0 amide bonds. The summed E-state index contributed by atoms with van der Waals surface area (Å²) in [6.45, 7) is 0.325. The second-order valence-corrected chi connectivity index (χ2v) is 9.25. The monoisotopic (exact) mass is 553 g/mol. The average molecular weight is 554 g/mol. The first-order valence-corrected chi connectivity index (χ1v) is 12.4. The first kappa shape index (κ1) is 26.9. The Morgan fingerprint density at radius 3 is 2.32 bits per heavy atom. The van der Waals surface area contributed by atoms with E-state index in [1.165, 1.54) is 13.2 Å². The van der Waals surface area contributed by atoms with E-state index in [0.29, 0.717) is 51.6 Å². The number of hydrogen-bond donors (Lipinski definition) is 2. The van der Waals surface area contributed by atoms with E-state index in [1.54, 1.807) is 62.8 Å². The van der Waals surface area contributed by atoms with Crippen molar-refractivity contribution in [3.63, 3.8) is 0 Å². The largest absolute Gasteiger partial charge is 0.497 e. The van der Waals surface area contributed by atoms with Gasteiger partial charge < -0.3 is 24.1 Å². The van der Waals surface area contributed by atoms with E-state index in [2.05, 4.69) is 15.2 Å². The molecule has 2 N–H and O–H groups in total. The van der Waals surface area contributed by atoms with Gasteiger partial charge in [-0.1, -0.05) is 29.8 Å². The minimum absolute atomic E-state index is 0.0238. The van der Waals surface area contributed by atoms with E-state index in [4.69, 9.17) is 30.5 Å². The lowest BCUT2D eigenvalue weighted by atomic mass is 10.2. The van der Waals surface area contributed by atoms with Crippen LogP contribution >= 0.6 is 23.4 Å². The molecular formula is C27H24ClN3O6S. The van der Waals surface area contributed by atoms with Crippen LogP contribution in [0.1, 0.15) is 11.1 Å². The number of ether oxygens (including phenoxy) is 4. The summed E-state index contributed by atoms with van der Waals surface area (Å²) in [5.41, 5.74) is 2.24. The van der Waals surface area contributed by atoms with E-state index >= 15 is 0 Å². The molecule has 0 atom stereocenters. The molecule has 0 radical (unpaired) electrons. The average Bonchev–Trinajstić information content (AvgIpc) is 3.41. The van der Waals surface area contributed by atoms with Crippen molar-refractivity contribution < 1.29 is 28.8 Å². The molecule has 0 bridgehead atoms. The Morgan fingerprint density at radius 1 is 0.974 bits per heavy atom. The van der Waals surface area contributed by atoms with Gasteiger partial charge in [-0.15, -0.1) is 5.10 Å². The van der Waals surface area contributed by atoms with Crippen LogP contribution < -0.4 is 18.9 Å². The zero-order chi connectivity index (χ0) is 27.1. The van der Waals surface area contributed by atoms with Crippen LogP contribution in [0, 0.1) is 0 Å². The number of aromatic nitrogens is 3. The second kappa shape index (κ2) is 12.4. The smallest absolute Gasteiger partial charge is 0.342 e.